The van der Waals surface area contributed by atoms with Crippen molar-refractivity contribution in [1.82, 2.24) is 4.90 Å². The number of morpholine rings is 1. The topological polar surface area (TPSA) is 36.3 Å². The standard InChI is InChI=1S/C11H20N2O/c1-9-2-3-10(8-9)11(12)13-4-6-14-7-5-13/h9-10,12H,2-8H2,1H3. The summed E-state index contributed by atoms with van der Waals surface area (Å²) in [6.45, 7) is 5.73. The highest BCUT2D eigenvalue weighted by Gasteiger charge is 2.28. The van der Waals surface area contributed by atoms with Crippen LogP contribution in [0.5, 0.6) is 0 Å². The first-order valence-corrected chi connectivity index (χ1v) is 5.68. The van der Waals surface area contributed by atoms with E-state index in [1.165, 1.54) is 19.3 Å². The van der Waals surface area contributed by atoms with Crippen molar-refractivity contribution in [3.8, 4) is 0 Å². The Morgan fingerprint density at radius 1 is 1.29 bits per heavy atom. The molecule has 3 nitrogen and oxygen atoms in total. The van der Waals surface area contributed by atoms with Gasteiger partial charge in [-0.15, -0.1) is 0 Å². The molecule has 1 saturated heterocycles. The number of amidine groups is 1. The average molecular weight is 196 g/mol. The maximum atomic E-state index is 8.14. The summed E-state index contributed by atoms with van der Waals surface area (Å²) in [5, 5.41) is 8.14. The van der Waals surface area contributed by atoms with Gasteiger partial charge in [-0.1, -0.05) is 6.92 Å². The Kier molecular flexibility index (Phi) is 3.06. The molecule has 0 aromatic heterocycles. The zero-order valence-corrected chi connectivity index (χ0v) is 8.96. The third-order valence-corrected chi connectivity index (χ3v) is 3.43. The number of nitrogens with one attached hydrogen (secondary N) is 1. The second-order valence-electron chi connectivity index (χ2n) is 4.60. The second kappa shape index (κ2) is 4.30. The highest BCUT2D eigenvalue weighted by molar-refractivity contribution is 5.82. The van der Waals surface area contributed by atoms with E-state index in [2.05, 4.69) is 11.8 Å². The van der Waals surface area contributed by atoms with Gasteiger partial charge in [0.05, 0.1) is 19.0 Å². The van der Waals surface area contributed by atoms with E-state index in [9.17, 15) is 0 Å². The molecule has 0 aromatic rings. The normalized spacial score (nSPS) is 33.4. The van der Waals surface area contributed by atoms with Gasteiger partial charge < -0.3 is 9.64 Å². The SMILES string of the molecule is CC1CCC(C(=N)N2CCOCC2)C1. The van der Waals surface area contributed by atoms with Crippen LogP contribution in [-0.2, 0) is 4.74 Å². The lowest BCUT2D eigenvalue weighted by molar-refractivity contribution is 0.0655. The zero-order chi connectivity index (χ0) is 9.97. The van der Waals surface area contributed by atoms with E-state index in [1.807, 2.05) is 0 Å². The Labute approximate surface area is 85.9 Å². The van der Waals surface area contributed by atoms with Crippen LogP contribution in [-0.4, -0.2) is 37.0 Å². The molecule has 0 amide bonds. The Morgan fingerprint density at radius 2 is 2.00 bits per heavy atom. The molecule has 2 rings (SSSR count). The van der Waals surface area contributed by atoms with E-state index in [0.717, 1.165) is 38.1 Å². The summed E-state index contributed by atoms with van der Waals surface area (Å²) in [6.07, 6.45) is 3.74. The van der Waals surface area contributed by atoms with Crippen LogP contribution in [0.15, 0.2) is 0 Å². The average Bonchev–Trinajstić information content (AvgIpc) is 2.65. The Bertz CT molecular complexity index is 205. The van der Waals surface area contributed by atoms with Crippen LogP contribution in [0.3, 0.4) is 0 Å². The van der Waals surface area contributed by atoms with Gasteiger partial charge in [0, 0.05) is 19.0 Å². The Balaban J connectivity index is 1.87. The molecular weight excluding hydrogens is 176 g/mol. The van der Waals surface area contributed by atoms with Crippen molar-refractivity contribution in [1.29, 1.82) is 5.41 Å². The summed E-state index contributed by atoms with van der Waals surface area (Å²) in [7, 11) is 0. The van der Waals surface area contributed by atoms with Gasteiger partial charge in [-0.05, 0) is 25.2 Å². The Morgan fingerprint density at radius 3 is 2.57 bits per heavy atom. The van der Waals surface area contributed by atoms with Gasteiger partial charge >= 0.3 is 0 Å². The molecule has 1 heterocycles. The summed E-state index contributed by atoms with van der Waals surface area (Å²) >= 11 is 0. The largest absolute Gasteiger partial charge is 0.378 e. The first kappa shape index (κ1) is 9.97. The van der Waals surface area contributed by atoms with E-state index in [1.54, 1.807) is 0 Å². The summed E-state index contributed by atoms with van der Waals surface area (Å²) in [5.74, 6) is 2.22. The third kappa shape index (κ3) is 2.08. The monoisotopic (exact) mass is 196 g/mol. The molecule has 0 spiro atoms. The summed E-state index contributed by atoms with van der Waals surface area (Å²) in [6, 6.07) is 0. The molecule has 14 heavy (non-hydrogen) atoms. The quantitative estimate of drug-likeness (QED) is 0.512. The minimum Gasteiger partial charge on any atom is -0.378 e. The van der Waals surface area contributed by atoms with Crippen molar-refractivity contribution >= 4 is 5.84 Å². The molecule has 1 aliphatic heterocycles. The molecule has 1 N–H and O–H groups in total. The Hall–Kier alpha value is -0.570. The molecule has 80 valence electrons. The number of nitrogens with zero attached hydrogens (tertiary/aromatic N) is 1. The second-order valence-corrected chi connectivity index (χ2v) is 4.60. The molecule has 2 aliphatic rings. The number of rotatable bonds is 1. The predicted molar refractivity (Wildman–Crippen MR) is 56.6 cm³/mol. The molecule has 3 heteroatoms. The molecule has 0 bridgehead atoms. The van der Waals surface area contributed by atoms with Gasteiger partial charge in [0.1, 0.15) is 0 Å². The van der Waals surface area contributed by atoms with Gasteiger partial charge in [-0.2, -0.15) is 0 Å². The van der Waals surface area contributed by atoms with Crippen LogP contribution in [0.25, 0.3) is 0 Å². The van der Waals surface area contributed by atoms with E-state index in [0.29, 0.717) is 5.92 Å². The summed E-state index contributed by atoms with van der Waals surface area (Å²) in [5.41, 5.74) is 0. The van der Waals surface area contributed by atoms with E-state index in [4.69, 9.17) is 10.1 Å². The fraction of sp³-hybridized carbons (Fsp3) is 0.909. The van der Waals surface area contributed by atoms with Gasteiger partial charge in [0.25, 0.3) is 0 Å². The summed E-state index contributed by atoms with van der Waals surface area (Å²) < 4.78 is 5.30. The van der Waals surface area contributed by atoms with Gasteiger partial charge in [-0.25, -0.2) is 0 Å². The molecule has 2 atom stereocenters. The van der Waals surface area contributed by atoms with Crippen molar-refractivity contribution in [2.24, 2.45) is 11.8 Å². The van der Waals surface area contributed by atoms with Crippen molar-refractivity contribution < 1.29 is 4.74 Å². The molecular formula is C11H20N2O. The van der Waals surface area contributed by atoms with Crippen LogP contribution >= 0.6 is 0 Å². The van der Waals surface area contributed by atoms with Crippen LogP contribution in [0.2, 0.25) is 0 Å². The van der Waals surface area contributed by atoms with Crippen LogP contribution in [0.1, 0.15) is 26.2 Å². The fourth-order valence-corrected chi connectivity index (χ4v) is 2.52. The first-order valence-electron chi connectivity index (χ1n) is 5.68. The third-order valence-electron chi connectivity index (χ3n) is 3.43. The molecule has 2 fully saturated rings. The van der Waals surface area contributed by atoms with Crippen LogP contribution in [0.4, 0.5) is 0 Å². The molecule has 0 radical (unpaired) electrons. The van der Waals surface area contributed by atoms with E-state index < -0.39 is 0 Å². The number of ether oxygens (including phenoxy) is 1. The lowest BCUT2D eigenvalue weighted by Gasteiger charge is -2.31. The highest BCUT2D eigenvalue weighted by atomic mass is 16.5. The van der Waals surface area contributed by atoms with E-state index >= 15 is 0 Å². The first-order chi connectivity index (χ1) is 6.77. The van der Waals surface area contributed by atoms with Crippen LogP contribution < -0.4 is 0 Å². The smallest absolute Gasteiger partial charge is 0.0991 e. The molecule has 1 saturated carbocycles. The predicted octanol–water partition coefficient (Wildman–Crippen LogP) is 1.73. The highest BCUT2D eigenvalue weighted by Crippen LogP contribution is 2.31. The van der Waals surface area contributed by atoms with Gasteiger partial charge in [-0.3, -0.25) is 5.41 Å². The summed E-state index contributed by atoms with van der Waals surface area (Å²) in [4.78, 5) is 2.20. The van der Waals surface area contributed by atoms with Gasteiger partial charge in [0.15, 0.2) is 0 Å². The lowest BCUT2D eigenvalue weighted by atomic mass is 10.0. The van der Waals surface area contributed by atoms with Crippen LogP contribution in [0, 0.1) is 17.2 Å². The maximum Gasteiger partial charge on any atom is 0.0991 e. The fourth-order valence-electron chi connectivity index (χ4n) is 2.52. The van der Waals surface area contributed by atoms with Crippen molar-refractivity contribution in [3.63, 3.8) is 0 Å². The molecule has 2 unspecified atom stereocenters. The van der Waals surface area contributed by atoms with Crippen molar-refractivity contribution in [2.75, 3.05) is 26.3 Å². The minimum absolute atomic E-state index is 0.531. The number of hydrogen-bond acceptors (Lipinski definition) is 2. The van der Waals surface area contributed by atoms with Gasteiger partial charge in [0.2, 0.25) is 0 Å². The maximum absolute atomic E-state index is 8.14. The molecule has 1 aliphatic carbocycles. The number of hydrogen-bond donors (Lipinski definition) is 1. The van der Waals surface area contributed by atoms with E-state index in [-0.39, 0.29) is 0 Å². The zero-order valence-electron chi connectivity index (χ0n) is 8.96. The van der Waals surface area contributed by atoms with Crippen molar-refractivity contribution in [3.05, 3.63) is 0 Å². The van der Waals surface area contributed by atoms with Crippen molar-refractivity contribution in [2.45, 2.75) is 26.2 Å². The lowest BCUT2D eigenvalue weighted by Crippen LogP contribution is -2.42. The minimum atomic E-state index is 0.531. The molecule has 0 aromatic carbocycles.